The van der Waals surface area contributed by atoms with Gasteiger partial charge in [0.15, 0.2) is 0 Å². The fourth-order valence-corrected chi connectivity index (χ4v) is 4.58. The Morgan fingerprint density at radius 2 is 1.63 bits per heavy atom. The maximum absolute atomic E-state index is 12.5. The predicted octanol–water partition coefficient (Wildman–Crippen LogP) is 6.37. The maximum atomic E-state index is 12.5. The van der Waals surface area contributed by atoms with Gasteiger partial charge in [-0.15, -0.1) is 0 Å². The second-order valence-electron chi connectivity index (χ2n) is 8.37. The number of hydrogen-bond acceptors (Lipinski definition) is 3. The van der Waals surface area contributed by atoms with Gasteiger partial charge in [-0.3, -0.25) is 4.79 Å². The third-order valence-electron chi connectivity index (χ3n) is 6.18. The summed E-state index contributed by atoms with van der Waals surface area (Å²) in [6, 6.07) is 30.1. The summed E-state index contributed by atoms with van der Waals surface area (Å²) < 4.78 is 2.22. The summed E-state index contributed by atoms with van der Waals surface area (Å²) in [7, 11) is 0. The van der Waals surface area contributed by atoms with Crippen molar-refractivity contribution >= 4 is 51.1 Å². The van der Waals surface area contributed by atoms with E-state index in [1.54, 1.807) is 6.21 Å². The van der Waals surface area contributed by atoms with Gasteiger partial charge in [-0.05, 0) is 36.1 Å². The van der Waals surface area contributed by atoms with Crippen LogP contribution in [0.25, 0.3) is 21.7 Å². The van der Waals surface area contributed by atoms with Crippen molar-refractivity contribution in [3.8, 4) is 0 Å². The van der Waals surface area contributed by atoms with E-state index < -0.39 is 0 Å². The molecule has 0 spiro atoms. The minimum absolute atomic E-state index is 0.124. The first kappa shape index (κ1) is 22.7. The molecule has 5 nitrogen and oxygen atoms in total. The molecule has 0 saturated carbocycles. The summed E-state index contributed by atoms with van der Waals surface area (Å²) in [5.74, 6) is -0.216. The number of hydrazone groups is 1. The highest BCUT2D eigenvalue weighted by molar-refractivity contribution is 6.31. The van der Waals surface area contributed by atoms with E-state index in [-0.39, 0.29) is 12.5 Å². The van der Waals surface area contributed by atoms with Crippen molar-refractivity contribution in [2.45, 2.75) is 13.5 Å². The Labute approximate surface area is 209 Å². The summed E-state index contributed by atoms with van der Waals surface area (Å²) in [5, 5.41) is 11.5. The van der Waals surface area contributed by atoms with Crippen LogP contribution in [0.2, 0.25) is 5.02 Å². The van der Waals surface area contributed by atoms with E-state index in [1.165, 1.54) is 0 Å². The number of halogens is 1. The molecule has 2 N–H and O–H groups in total. The van der Waals surface area contributed by atoms with Crippen LogP contribution in [0.5, 0.6) is 0 Å². The predicted molar refractivity (Wildman–Crippen MR) is 145 cm³/mol. The number of anilines is 1. The number of aromatic nitrogens is 1. The van der Waals surface area contributed by atoms with Crippen LogP contribution in [-0.4, -0.2) is 23.2 Å². The van der Waals surface area contributed by atoms with Crippen molar-refractivity contribution < 1.29 is 4.79 Å². The normalized spacial score (nSPS) is 11.4. The summed E-state index contributed by atoms with van der Waals surface area (Å²) in [4.78, 5) is 12.5. The number of fused-ring (bicyclic) bond motifs is 2. The van der Waals surface area contributed by atoms with E-state index in [9.17, 15) is 4.79 Å². The highest BCUT2D eigenvalue weighted by Crippen LogP contribution is 2.27. The van der Waals surface area contributed by atoms with Crippen LogP contribution in [0.4, 0.5) is 5.69 Å². The molecule has 1 amide bonds. The fraction of sp³-hybridized carbons (Fsp3) is 0.103. The van der Waals surface area contributed by atoms with Crippen LogP contribution in [0.1, 0.15) is 16.8 Å². The van der Waals surface area contributed by atoms with Gasteiger partial charge < -0.3 is 9.88 Å². The molecule has 0 aliphatic carbocycles. The molecule has 0 unspecified atom stereocenters. The van der Waals surface area contributed by atoms with Crippen molar-refractivity contribution in [1.29, 1.82) is 0 Å². The number of rotatable bonds is 7. The molecule has 0 fully saturated rings. The molecule has 0 bridgehead atoms. The Bertz CT molecular complexity index is 1550. The monoisotopic (exact) mass is 480 g/mol. The molecule has 6 heteroatoms. The molecule has 5 aromatic rings. The molecule has 0 atom stereocenters. The van der Waals surface area contributed by atoms with Gasteiger partial charge in [0.2, 0.25) is 0 Å². The molecular formula is C29H25ClN4O. The van der Waals surface area contributed by atoms with Gasteiger partial charge in [-0.25, -0.2) is 5.43 Å². The van der Waals surface area contributed by atoms with E-state index in [0.717, 1.165) is 49.2 Å². The zero-order chi connectivity index (χ0) is 24.2. The fourth-order valence-electron chi connectivity index (χ4n) is 4.38. The molecule has 1 aromatic heterocycles. The highest BCUT2D eigenvalue weighted by Gasteiger charge is 2.14. The number of nitrogens with one attached hydrogen (secondary N) is 2. The number of nitrogens with zero attached hydrogens (tertiary/aromatic N) is 2. The number of amides is 1. The van der Waals surface area contributed by atoms with E-state index in [4.69, 9.17) is 11.6 Å². The van der Waals surface area contributed by atoms with Crippen LogP contribution in [0, 0.1) is 6.92 Å². The summed E-state index contributed by atoms with van der Waals surface area (Å²) in [6.45, 7) is 2.84. The van der Waals surface area contributed by atoms with Crippen molar-refractivity contribution in [2.24, 2.45) is 5.10 Å². The number of carbonyl (C=O) groups is 1. The molecule has 0 radical (unpaired) electrons. The Kier molecular flexibility index (Phi) is 6.51. The van der Waals surface area contributed by atoms with Gasteiger partial charge >= 0.3 is 0 Å². The third kappa shape index (κ3) is 4.77. The summed E-state index contributed by atoms with van der Waals surface area (Å²) in [6.07, 6.45) is 1.72. The largest absolute Gasteiger partial charge is 0.376 e. The molecule has 0 aliphatic heterocycles. The standard InChI is InChI=1S/C29H25ClN4O/c1-20-25(24-13-5-7-16-28(24)34(20)19-22-10-3-6-14-26(22)30)17-32-33-29(35)18-31-27-15-8-11-21-9-2-4-12-23(21)27/h2-17,31H,18-19H2,1H3,(H,33,35)/b32-17-. The quantitative estimate of drug-likeness (QED) is 0.210. The minimum atomic E-state index is -0.216. The van der Waals surface area contributed by atoms with E-state index >= 15 is 0 Å². The van der Waals surface area contributed by atoms with Crippen LogP contribution in [-0.2, 0) is 11.3 Å². The first-order chi connectivity index (χ1) is 17.1. The lowest BCUT2D eigenvalue weighted by Gasteiger charge is -2.10. The average Bonchev–Trinajstić information content (AvgIpc) is 3.15. The van der Waals surface area contributed by atoms with Crippen molar-refractivity contribution in [3.05, 3.63) is 113 Å². The number of benzene rings is 4. The third-order valence-corrected chi connectivity index (χ3v) is 6.55. The van der Waals surface area contributed by atoms with Gasteiger partial charge in [-0.1, -0.05) is 84.4 Å². The number of para-hydroxylation sites is 1. The van der Waals surface area contributed by atoms with Gasteiger partial charge in [0, 0.05) is 44.8 Å². The van der Waals surface area contributed by atoms with Gasteiger partial charge in [0.25, 0.3) is 5.91 Å². The van der Waals surface area contributed by atoms with E-state index in [0.29, 0.717) is 6.54 Å². The van der Waals surface area contributed by atoms with E-state index in [2.05, 4.69) is 51.6 Å². The van der Waals surface area contributed by atoms with E-state index in [1.807, 2.05) is 66.7 Å². The van der Waals surface area contributed by atoms with Crippen LogP contribution in [0.3, 0.4) is 0 Å². The number of hydrogen-bond donors (Lipinski definition) is 2. The molecule has 0 saturated heterocycles. The Hall–Kier alpha value is -4.09. The Morgan fingerprint density at radius 1 is 0.914 bits per heavy atom. The van der Waals surface area contributed by atoms with Crippen molar-refractivity contribution in [1.82, 2.24) is 9.99 Å². The van der Waals surface area contributed by atoms with Crippen LogP contribution in [0.15, 0.2) is 96.1 Å². The molecular weight excluding hydrogens is 456 g/mol. The SMILES string of the molecule is Cc1c(/C=N\NC(=O)CNc2cccc3ccccc23)c2ccccc2n1Cc1ccccc1Cl. The smallest absolute Gasteiger partial charge is 0.259 e. The van der Waals surface area contributed by atoms with Gasteiger partial charge in [-0.2, -0.15) is 5.10 Å². The topological polar surface area (TPSA) is 58.4 Å². The zero-order valence-electron chi connectivity index (χ0n) is 19.3. The Morgan fingerprint density at radius 3 is 2.49 bits per heavy atom. The average molecular weight is 481 g/mol. The zero-order valence-corrected chi connectivity index (χ0v) is 20.1. The highest BCUT2D eigenvalue weighted by atomic mass is 35.5. The van der Waals surface area contributed by atoms with Gasteiger partial charge in [0.1, 0.15) is 0 Å². The van der Waals surface area contributed by atoms with Crippen molar-refractivity contribution in [3.63, 3.8) is 0 Å². The molecule has 35 heavy (non-hydrogen) atoms. The lowest BCUT2D eigenvalue weighted by molar-refractivity contribution is -0.119. The second-order valence-corrected chi connectivity index (χ2v) is 8.77. The molecule has 1 heterocycles. The molecule has 0 aliphatic rings. The first-order valence-corrected chi connectivity index (χ1v) is 11.8. The van der Waals surface area contributed by atoms with Crippen LogP contribution < -0.4 is 10.7 Å². The molecule has 4 aromatic carbocycles. The van der Waals surface area contributed by atoms with Gasteiger partial charge in [0.05, 0.1) is 12.8 Å². The van der Waals surface area contributed by atoms with Crippen molar-refractivity contribution in [2.75, 3.05) is 11.9 Å². The molecule has 174 valence electrons. The van der Waals surface area contributed by atoms with Crippen LogP contribution >= 0.6 is 11.6 Å². The summed E-state index contributed by atoms with van der Waals surface area (Å²) >= 11 is 6.42. The minimum Gasteiger partial charge on any atom is -0.376 e. The summed E-state index contributed by atoms with van der Waals surface area (Å²) in [5.41, 5.74) is 7.73. The first-order valence-electron chi connectivity index (χ1n) is 11.5. The molecule has 5 rings (SSSR count). The lowest BCUT2D eigenvalue weighted by Crippen LogP contribution is -2.26. The number of carbonyl (C=O) groups excluding carboxylic acids is 1. The Balaban J connectivity index is 1.31. The lowest BCUT2D eigenvalue weighted by atomic mass is 10.1. The second kappa shape index (κ2) is 10.0. The maximum Gasteiger partial charge on any atom is 0.259 e.